The molecule has 0 aromatic heterocycles. The van der Waals surface area contributed by atoms with Crippen LogP contribution in [0.1, 0.15) is 29.5 Å². The number of aryl methyl sites for hydroxylation is 2. The number of nitrogens with one attached hydrogen (secondary N) is 1. The van der Waals surface area contributed by atoms with Crippen molar-refractivity contribution >= 4 is 11.9 Å². The van der Waals surface area contributed by atoms with Gasteiger partial charge in [0.25, 0.3) is 0 Å². The first-order chi connectivity index (χ1) is 9.15. The topological polar surface area (TPSA) is 66.4 Å². The van der Waals surface area contributed by atoms with Gasteiger partial charge < -0.3 is 10.4 Å². The predicted molar refractivity (Wildman–Crippen MR) is 71.7 cm³/mol. The summed E-state index contributed by atoms with van der Waals surface area (Å²) in [5, 5.41) is 11.1. The van der Waals surface area contributed by atoms with E-state index in [0.717, 1.165) is 30.6 Å². The maximum Gasteiger partial charge on any atom is 0.328 e. The first-order valence-electron chi connectivity index (χ1n) is 6.44. The minimum absolute atomic E-state index is 0.389. The Bertz CT molecular complexity index is 520. The first-order valence-corrected chi connectivity index (χ1v) is 6.44. The van der Waals surface area contributed by atoms with Gasteiger partial charge >= 0.3 is 5.97 Å². The summed E-state index contributed by atoms with van der Waals surface area (Å²) in [5.41, 5.74) is 3.84. The largest absolute Gasteiger partial charge is 0.478 e. The molecule has 0 fully saturated rings. The molecule has 1 aromatic rings. The number of carbonyl (C=O) groups is 2. The zero-order chi connectivity index (χ0) is 13.7. The van der Waals surface area contributed by atoms with Crippen LogP contribution in [0.5, 0.6) is 0 Å². The van der Waals surface area contributed by atoms with E-state index in [9.17, 15) is 9.59 Å². The summed E-state index contributed by atoms with van der Waals surface area (Å²) in [6.07, 6.45) is 6.59. The fraction of sp³-hybridized carbons (Fsp3) is 0.333. The number of hydrogen-bond donors (Lipinski definition) is 2. The highest BCUT2D eigenvalue weighted by Crippen LogP contribution is 2.22. The minimum atomic E-state index is -1.12. The van der Waals surface area contributed by atoms with Crippen LogP contribution in [-0.4, -0.2) is 17.0 Å². The van der Waals surface area contributed by atoms with Crippen molar-refractivity contribution in [2.75, 3.05) is 0 Å². The molecule has 1 aromatic carbocycles. The lowest BCUT2D eigenvalue weighted by Crippen LogP contribution is -2.20. The minimum Gasteiger partial charge on any atom is -0.478 e. The molecule has 1 aliphatic carbocycles. The van der Waals surface area contributed by atoms with Gasteiger partial charge in [-0.2, -0.15) is 0 Å². The van der Waals surface area contributed by atoms with Crippen molar-refractivity contribution in [2.45, 2.75) is 32.2 Å². The zero-order valence-electron chi connectivity index (χ0n) is 10.7. The molecule has 0 aliphatic heterocycles. The van der Waals surface area contributed by atoms with Crippen LogP contribution in [0.15, 0.2) is 30.4 Å². The summed E-state index contributed by atoms with van der Waals surface area (Å²) in [7, 11) is 0. The van der Waals surface area contributed by atoms with Gasteiger partial charge in [-0.15, -0.1) is 0 Å². The van der Waals surface area contributed by atoms with E-state index in [0.29, 0.717) is 6.54 Å². The molecular weight excluding hydrogens is 242 g/mol. The lowest BCUT2D eigenvalue weighted by atomic mass is 9.90. The van der Waals surface area contributed by atoms with E-state index >= 15 is 0 Å². The molecule has 4 nitrogen and oxygen atoms in total. The monoisotopic (exact) mass is 259 g/mol. The molecule has 1 aliphatic rings. The standard InChI is InChI=1S/C15H17NO3/c17-14(7-8-15(18)19)16-10-11-5-6-12-3-1-2-4-13(12)9-11/h5-9H,1-4,10H2,(H,16,17)(H,18,19)/b8-7+. The molecule has 0 heterocycles. The van der Waals surface area contributed by atoms with Gasteiger partial charge in [0.1, 0.15) is 0 Å². The maximum absolute atomic E-state index is 11.3. The number of rotatable bonds is 4. The Hall–Kier alpha value is -2.10. The molecule has 2 rings (SSSR count). The summed E-state index contributed by atoms with van der Waals surface area (Å²) in [6.45, 7) is 0.427. The molecule has 0 saturated carbocycles. The number of carbonyl (C=O) groups excluding carboxylic acids is 1. The predicted octanol–water partition coefficient (Wildman–Crippen LogP) is 1.82. The quantitative estimate of drug-likeness (QED) is 0.811. The Labute approximate surface area is 112 Å². The molecule has 0 unspecified atom stereocenters. The molecule has 100 valence electrons. The highest BCUT2D eigenvalue weighted by Gasteiger charge is 2.09. The van der Waals surface area contributed by atoms with Crippen molar-refractivity contribution in [2.24, 2.45) is 0 Å². The van der Waals surface area contributed by atoms with Gasteiger partial charge in [0.2, 0.25) is 5.91 Å². The zero-order valence-corrected chi connectivity index (χ0v) is 10.7. The van der Waals surface area contributed by atoms with Crippen LogP contribution in [0.3, 0.4) is 0 Å². The van der Waals surface area contributed by atoms with E-state index in [-0.39, 0.29) is 5.91 Å². The van der Waals surface area contributed by atoms with Crippen LogP contribution in [0.2, 0.25) is 0 Å². The fourth-order valence-electron chi connectivity index (χ4n) is 2.29. The average Bonchev–Trinajstić information content (AvgIpc) is 2.42. The number of carboxylic acids is 1. The number of hydrogen-bond acceptors (Lipinski definition) is 2. The van der Waals surface area contributed by atoms with E-state index in [4.69, 9.17) is 5.11 Å². The molecule has 2 N–H and O–H groups in total. The molecule has 0 radical (unpaired) electrons. The summed E-state index contributed by atoms with van der Waals surface area (Å²) < 4.78 is 0. The van der Waals surface area contributed by atoms with E-state index < -0.39 is 5.97 Å². The Kier molecular flexibility index (Phi) is 4.34. The molecular formula is C15H17NO3. The van der Waals surface area contributed by atoms with Gasteiger partial charge in [-0.05, 0) is 42.4 Å². The Balaban J connectivity index is 1.93. The lowest BCUT2D eigenvalue weighted by molar-refractivity contribution is -0.131. The van der Waals surface area contributed by atoms with Gasteiger partial charge in [0, 0.05) is 18.7 Å². The molecule has 0 saturated heterocycles. The van der Waals surface area contributed by atoms with Crippen molar-refractivity contribution in [3.05, 3.63) is 47.0 Å². The van der Waals surface area contributed by atoms with Crippen molar-refractivity contribution < 1.29 is 14.7 Å². The number of fused-ring (bicyclic) bond motifs is 1. The van der Waals surface area contributed by atoms with E-state index in [2.05, 4.69) is 17.4 Å². The number of carboxylic acid groups (broad SMARTS) is 1. The third kappa shape index (κ3) is 3.95. The van der Waals surface area contributed by atoms with Crippen molar-refractivity contribution in [1.29, 1.82) is 0 Å². The van der Waals surface area contributed by atoms with Crippen LogP contribution >= 0.6 is 0 Å². The fourth-order valence-corrected chi connectivity index (χ4v) is 2.29. The smallest absolute Gasteiger partial charge is 0.328 e. The first kappa shape index (κ1) is 13.3. The van der Waals surface area contributed by atoms with Crippen molar-refractivity contribution in [1.82, 2.24) is 5.32 Å². The molecule has 4 heteroatoms. The lowest BCUT2D eigenvalue weighted by Gasteiger charge is -2.16. The van der Waals surface area contributed by atoms with Crippen LogP contribution < -0.4 is 5.32 Å². The summed E-state index contributed by atoms with van der Waals surface area (Å²) in [6, 6.07) is 6.28. The molecule has 0 bridgehead atoms. The maximum atomic E-state index is 11.3. The highest BCUT2D eigenvalue weighted by atomic mass is 16.4. The molecule has 0 spiro atoms. The van der Waals surface area contributed by atoms with E-state index in [1.54, 1.807) is 0 Å². The normalized spacial score (nSPS) is 14.1. The van der Waals surface area contributed by atoms with Crippen LogP contribution in [-0.2, 0) is 29.0 Å². The average molecular weight is 259 g/mol. The number of benzene rings is 1. The van der Waals surface area contributed by atoms with E-state index in [1.807, 2.05) is 6.07 Å². The van der Waals surface area contributed by atoms with Gasteiger partial charge in [-0.25, -0.2) is 4.79 Å². The molecule has 1 amide bonds. The van der Waals surface area contributed by atoms with Crippen molar-refractivity contribution in [3.8, 4) is 0 Å². The second kappa shape index (κ2) is 6.18. The van der Waals surface area contributed by atoms with Crippen LogP contribution in [0, 0.1) is 0 Å². The Morgan fingerprint density at radius 3 is 2.63 bits per heavy atom. The summed E-state index contributed by atoms with van der Waals surface area (Å²) in [5.74, 6) is -1.51. The second-order valence-electron chi connectivity index (χ2n) is 4.70. The summed E-state index contributed by atoms with van der Waals surface area (Å²) in [4.78, 5) is 21.6. The highest BCUT2D eigenvalue weighted by molar-refractivity contribution is 5.93. The second-order valence-corrected chi connectivity index (χ2v) is 4.70. The summed E-state index contributed by atoms with van der Waals surface area (Å²) >= 11 is 0. The molecule has 19 heavy (non-hydrogen) atoms. The Morgan fingerprint density at radius 2 is 1.89 bits per heavy atom. The van der Waals surface area contributed by atoms with Gasteiger partial charge in [0.05, 0.1) is 0 Å². The van der Waals surface area contributed by atoms with Crippen molar-refractivity contribution in [3.63, 3.8) is 0 Å². The number of aliphatic carboxylic acids is 1. The van der Waals surface area contributed by atoms with E-state index in [1.165, 1.54) is 24.0 Å². The molecule has 0 atom stereocenters. The van der Waals surface area contributed by atoms with Crippen LogP contribution in [0.4, 0.5) is 0 Å². The van der Waals surface area contributed by atoms with Gasteiger partial charge in [-0.1, -0.05) is 18.2 Å². The number of amides is 1. The van der Waals surface area contributed by atoms with Gasteiger partial charge in [-0.3, -0.25) is 4.79 Å². The van der Waals surface area contributed by atoms with Crippen LogP contribution in [0.25, 0.3) is 0 Å². The SMILES string of the molecule is O=C(O)/C=C/C(=O)NCc1ccc2c(c1)CCCC2. The third-order valence-corrected chi connectivity index (χ3v) is 3.26. The third-order valence-electron chi connectivity index (χ3n) is 3.26. The van der Waals surface area contributed by atoms with Gasteiger partial charge in [0.15, 0.2) is 0 Å². The Morgan fingerprint density at radius 1 is 1.16 bits per heavy atom.